The smallest absolute Gasteiger partial charge is 0.118 e. The molecule has 0 aromatic heterocycles. The summed E-state index contributed by atoms with van der Waals surface area (Å²) in [7, 11) is 0. The monoisotopic (exact) mass is 254 g/mol. The molecule has 2 rings (SSSR count). The fraction of sp³-hybridized carbons (Fsp3) is 0.333. The van der Waals surface area contributed by atoms with Gasteiger partial charge in [0, 0.05) is 0 Å². The Bertz CT molecular complexity index is 528. The number of hydrogen-bond acceptors (Lipinski definition) is 1. The highest BCUT2D eigenvalue weighted by Gasteiger charge is 2.28. The fourth-order valence-electron chi connectivity index (χ4n) is 2.50. The van der Waals surface area contributed by atoms with Crippen LogP contribution in [0.3, 0.4) is 0 Å². The topological polar surface area (TPSA) is 20.2 Å². The third kappa shape index (κ3) is 3.17. The molecule has 1 atom stereocenters. The van der Waals surface area contributed by atoms with Gasteiger partial charge in [-0.05, 0) is 34.9 Å². The number of hydrogen-bond donors (Lipinski definition) is 1. The summed E-state index contributed by atoms with van der Waals surface area (Å²) in [6, 6.07) is 18.2. The minimum absolute atomic E-state index is 0.0974. The molecule has 1 unspecified atom stereocenters. The Morgan fingerprint density at radius 3 is 2.16 bits per heavy atom. The van der Waals surface area contributed by atoms with Gasteiger partial charge in [-0.15, -0.1) is 0 Å². The van der Waals surface area contributed by atoms with Gasteiger partial charge in [0.2, 0.25) is 0 Å². The summed E-state index contributed by atoms with van der Waals surface area (Å²) in [5, 5.41) is 9.93. The molecule has 0 aliphatic heterocycles. The van der Waals surface area contributed by atoms with Crippen LogP contribution in [-0.4, -0.2) is 5.11 Å². The zero-order valence-corrected chi connectivity index (χ0v) is 11.9. The van der Waals surface area contributed by atoms with Gasteiger partial charge in [-0.1, -0.05) is 69.3 Å². The highest BCUT2D eigenvalue weighted by atomic mass is 16.3. The average molecular weight is 254 g/mol. The molecule has 2 aromatic carbocycles. The van der Waals surface area contributed by atoms with E-state index in [1.807, 2.05) is 24.3 Å². The average Bonchev–Trinajstić information content (AvgIpc) is 2.41. The number of phenols is 1. The van der Waals surface area contributed by atoms with Crippen molar-refractivity contribution in [1.29, 1.82) is 0 Å². The standard InChI is InChI=1S/C18H22O/c1-14(15-9-5-4-6-10-15)18(2,3)13-16-11-7-8-12-17(16)19/h4-12,14,19H,13H2,1-3H3. The van der Waals surface area contributed by atoms with Crippen LogP contribution < -0.4 is 0 Å². The molecule has 0 fully saturated rings. The first kappa shape index (κ1) is 13.7. The maximum atomic E-state index is 9.93. The zero-order valence-electron chi connectivity index (χ0n) is 11.9. The summed E-state index contributed by atoms with van der Waals surface area (Å²) in [4.78, 5) is 0. The highest BCUT2D eigenvalue weighted by Crippen LogP contribution is 2.39. The van der Waals surface area contributed by atoms with Crippen LogP contribution in [0, 0.1) is 5.41 Å². The molecule has 0 aliphatic rings. The summed E-state index contributed by atoms with van der Waals surface area (Å²) >= 11 is 0. The number of phenolic OH excluding ortho intramolecular Hbond substituents is 1. The van der Waals surface area contributed by atoms with E-state index in [0.29, 0.717) is 11.7 Å². The summed E-state index contributed by atoms with van der Waals surface area (Å²) in [6.45, 7) is 6.78. The van der Waals surface area contributed by atoms with Gasteiger partial charge in [0.1, 0.15) is 5.75 Å². The Morgan fingerprint density at radius 2 is 1.53 bits per heavy atom. The van der Waals surface area contributed by atoms with Crippen molar-refractivity contribution in [2.75, 3.05) is 0 Å². The molecular weight excluding hydrogens is 232 g/mol. The van der Waals surface area contributed by atoms with Crippen molar-refractivity contribution in [2.24, 2.45) is 5.41 Å². The lowest BCUT2D eigenvalue weighted by Gasteiger charge is -2.32. The van der Waals surface area contributed by atoms with E-state index in [0.717, 1.165) is 12.0 Å². The first-order valence-electron chi connectivity index (χ1n) is 6.82. The Hall–Kier alpha value is -1.76. The van der Waals surface area contributed by atoms with Gasteiger partial charge in [-0.2, -0.15) is 0 Å². The fourth-order valence-corrected chi connectivity index (χ4v) is 2.50. The van der Waals surface area contributed by atoms with Crippen LogP contribution in [0.1, 0.15) is 37.8 Å². The first-order chi connectivity index (χ1) is 9.00. The molecule has 0 amide bonds. The van der Waals surface area contributed by atoms with E-state index in [2.05, 4.69) is 45.0 Å². The van der Waals surface area contributed by atoms with E-state index in [1.54, 1.807) is 6.07 Å². The predicted octanol–water partition coefficient (Wildman–Crippen LogP) is 4.76. The van der Waals surface area contributed by atoms with Crippen LogP contribution in [0.25, 0.3) is 0 Å². The minimum atomic E-state index is 0.0974. The maximum Gasteiger partial charge on any atom is 0.118 e. The van der Waals surface area contributed by atoms with Gasteiger partial charge >= 0.3 is 0 Å². The second-order valence-corrected chi connectivity index (χ2v) is 5.93. The van der Waals surface area contributed by atoms with Crippen LogP contribution in [0.2, 0.25) is 0 Å². The van der Waals surface area contributed by atoms with E-state index in [-0.39, 0.29) is 5.41 Å². The molecule has 0 heterocycles. The summed E-state index contributed by atoms with van der Waals surface area (Å²) in [5.41, 5.74) is 2.47. The van der Waals surface area contributed by atoms with Gasteiger partial charge in [-0.3, -0.25) is 0 Å². The van der Waals surface area contributed by atoms with Crippen LogP contribution in [0.4, 0.5) is 0 Å². The lowest BCUT2D eigenvalue weighted by Crippen LogP contribution is -2.22. The van der Waals surface area contributed by atoms with Crippen LogP contribution >= 0.6 is 0 Å². The van der Waals surface area contributed by atoms with Gasteiger partial charge in [0.15, 0.2) is 0 Å². The van der Waals surface area contributed by atoms with Gasteiger partial charge < -0.3 is 5.11 Å². The summed E-state index contributed by atoms with van der Waals surface area (Å²) in [5.74, 6) is 0.837. The van der Waals surface area contributed by atoms with Crippen molar-refractivity contribution in [2.45, 2.75) is 33.1 Å². The SMILES string of the molecule is CC(c1ccccc1)C(C)(C)Cc1ccccc1O. The maximum absolute atomic E-state index is 9.93. The van der Waals surface area contributed by atoms with Crippen molar-refractivity contribution in [3.8, 4) is 5.75 Å². The Morgan fingerprint density at radius 1 is 0.947 bits per heavy atom. The molecule has 0 saturated heterocycles. The number of para-hydroxylation sites is 1. The molecule has 2 aromatic rings. The van der Waals surface area contributed by atoms with Crippen molar-refractivity contribution < 1.29 is 5.11 Å². The zero-order chi connectivity index (χ0) is 13.9. The predicted molar refractivity (Wildman–Crippen MR) is 80.4 cm³/mol. The highest BCUT2D eigenvalue weighted by molar-refractivity contribution is 5.33. The first-order valence-corrected chi connectivity index (χ1v) is 6.82. The Labute approximate surface area is 115 Å². The molecule has 100 valence electrons. The molecule has 0 radical (unpaired) electrons. The number of rotatable bonds is 4. The lowest BCUT2D eigenvalue weighted by atomic mass is 9.72. The van der Waals surface area contributed by atoms with E-state index in [4.69, 9.17) is 0 Å². The third-order valence-electron chi connectivity index (χ3n) is 4.11. The van der Waals surface area contributed by atoms with Gasteiger partial charge in [0.25, 0.3) is 0 Å². The molecule has 0 saturated carbocycles. The lowest BCUT2D eigenvalue weighted by molar-refractivity contribution is 0.294. The second kappa shape index (κ2) is 5.48. The van der Waals surface area contributed by atoms with E-state index in [9.17, 15) is 5.11 Å². The van der Waals surface area contributed by atoms with Crippen molar-refractivity contribution >= 4 is 0 Å². The molecule has 0 aliphatic carbocycles. The van der Waals surface area contributed by atoms with E-state index in [1.165, 1.54) is 5.56 Å². The number of benzene rings is 2. The summed E-state index contributed by atoms with van der Waals surface area (Å²) < 4.78 is 0. The molecule has 1 N–H and O–H groups in total. The molecule has 1 nitrogen and oxygen atoms in total. The van der Waals surface area contributed by atoms with Crippen LogP contribution in [-0.2, 0) is 6.42 Å². The molecule has 0 spiro atoms. The third-order valence-corrected chi connectivity index (χ3v) is 4.11. The normalized spacial score (nSPS) is 13.2. The molecular formula is C18H22O. The van der Waals surface area contributed by atoms with Crippen LogP contribution in [0.15, 0.2) is 54.6 Å². The van der Waals surface area contributed by atoms with Crippen LogP contribution in [0.5, 0.6) is 5.75 Å². The number of aromatic hydroxyl groups is 1. The van der Waals surface area contributed by atoms with E-state index >= 15 is 0 Å². The largest absolute Gasteiger partial charge is 0.508 e. The molecule has 1 heteroatoms. The van der Waals surface area contributed by atoms with Gasteiger partial charge in [0.05, 0.1) is 0 Å². The van der Waals surface area contributed by atoms with Gasteiger partial charge in [-0.25, -0.2) is 0 Å². The quantitative estimate of drug-likeness (QED) is 0.833. The van der Waals surface area contributed by atoms with Crippen molar-refractivity contribution in [3.63, 3.8) is 0 Å². The van der Waals surface area contributed by atoms with Crippen molar-refractivity contribution in [3.05, 3.63) is 65.7 Å². The van der Waals surface area contributed by atoms with Crippen molar-refractivity contribution in [1.82, 2.24) is 0 Å². The van der Waals surface area contributed by atoms with E-state index < -0.39 is 0 Å². The Kier molecular flexibility index (Phi) is 3.94. The second-order valence-electron chi connectivity index (χ2n) is 5.93. The summed E-state index contributed by atoms with van der Waals surface area (Å²) in [6.07, 6.45) is 0.871. The Balaban J connectivity index is 2.21. The molecule has 0 bridgehead atoms. The minimum Gasteiger partial charge on any atom is -0.508 e. The molecule has 19 heavy (non-hydrogen) atoms.